The molecule has 6 nitrogen and oxygen atoms in total. The van der Waals surface area contributed by atoms with Crippen LogP contribution in [0.4, 0.5) is 9.59 Å². The highest BCUT2D eigenvalue weighted by Gasteiger charge is 2.23. The number of rotatable bonds is 5. The van der Waals surface area contributed by atoms with Gasteiger partial charge in [-0.2, -0.15) is 0 Å². The highest BCUT2D eigenvalue weighted by molar-refractivity contribution is 8.13. The Kier molecular flexibility index (Phi) is 8.77. The molecule has 0 fully saturated rings. The Hall–Kier alpha value is -0.370. The van der Waals surface area contributed by atoms with Crippen molar-refractivity contribution in [1.29, 1.82) is 0 Å². The van der Waals surface area contributed by atoms with Crippen LogP contribution in [0, 0.1) is 0 Å². The Morgan fingerprint density at radius 2 is 1.86 bits per heavy atom. The predicted octanol–water partition coefficient (Wildman–Crippen LogP) is 3.32. The van der Waals surface area contributed by atoms with Gasteiger partial charge in [0.2, 0.25) is 3.79 Å². The maximum atomic E-state index is 11.5. The Morgan fingerprint density at radius 3 is 2.29 bits per heavy atom. The van der Waals surface area contributed by atoms with E-state index < -0.39 is 33.4 Å². The summed E-state index contributed by atoms with van der Waals surface area (Å²) in [6, 6.07) is -0.898. The number of carbonyl (C=O) groups excluding carboxylic acids is 3. The van der Waals surface area contributed by atoms with Crippen molar-refractivity contribution in [2.75, 3.05) is 12.4 Å². The number of ether oxygens (including phenoxy) is 2. The molecule has 0 bridgehead atoms. The first-order valence-corrected chi connectivity index (χ1v) is 7.86. The summed E-state index contributed by atoms with van der Waals surface area (Å²) in [6.07, 6.45) is -0.269. The van der Waals surface area contributed by atoms with Gasteiger partial charge in [-0.05, 0) is 32.5 Å². The number of alkyl halides is 3. The second kappa shape index (κ2) is 8.92. The van der Waals surface area contributed by atoms with Crippen LogP contribution in [0.3, 0.4) is 0 Å². The fraction of sp³-hybridized carbons (Fsp3) is 0.727. The van der Waals surface area contributed by atoms with Gasteiger partial charge < -0.3 is 19.6 Å². The number of hydrogen-bond donors (Lipinski definition) is 1. The van der Waals surface area contributed by atoms with Crippen molar-refractivity contribution in [1.82, 2.24) is 5.32 Å². The largest absolute Gasteiger partial charge is 0.453 e. The van der Waals surface area contributed by atoms with E-state index in [1.54, 1.807) is 20.8 Å². The number of aldehydes is 1. The molecule has 0 heterocycles. The third-order valence-electron chi connectivity index (χ3n) is 1.60. The summed E-state index contributed by atoms with van der Waals surface area (Å²) in [7, 11) is 0. The molecule has 0 saturated heterocycles. The van der Waals surface area contributed by atoms with E-state index >= 15 is 0 Å². The molecular weight excluding hydrogens is 365 g/mol. The molecule has 0 unspecified atom stereocenters. The van der Waals surface area contributed by atoms with Gasteiger partial charge in [-0.25, -0.2) is 9.59 Å². The molecule has 0 spiro atoms. The van der Waals surface area contributed by atoms with E-state index in [1.165, 1.54) is 0 Å². The number of halogens is 3. The minimum absolute atomic E-state index is 0.0264. The second-order valence-corrected chi connectivity index (χ2v) is 8.33. The fourth-order valence-electron chi connectivity index (χ4n) is 0.914. The zero-order valence-corrected chi connectivity index (χ0v) is 14.7. The maximum Gasteiger partial charge on any atom is 0.408 e. The van der Waals surface area contributed by atoms with Crippen LogP contribution >= 0.6 is 46.6 Å². The molecule has 1 N–H and O–H groups in total. The van der Waals surface area contributed by atoms with Gasteiger partial charge in [0.05, 0.1) is 6.04 Å². The van der Waals surface area contributed by atoms with Gasteiger partial charge in [0.25, 0.3) is 0 Å². The molecule has 0 aromatic carbocycles. The van der Waals surface area contributed by atoms with Crippen LogP contribution in [-0.4, -0.2) is 45.5 Å². The lowest BCUT2D eigenvalue weighted by Crippen LogP contribution is -2.41. The molecule has 0 rings (SSSR count). The Labute approximate surface area is 142 Å². The van der Waals surface area contributed by atoms with Gasteiger partial charge in [0, 0.05) is 5.75 Å². The molecule has 10 heteroatoms. The van der Waals surface area contributed by atoms with E-state index in [1.807, 2.05) is 0 Å². The third-order valence-corrected chi connectivity index (χ3v) is 2.81. The van der Waals surface area contributed by atoms with Crippen LogP contribution in [0.1, 0.15) is 20.8 Å². The van der Waals surface area contributed by atoms with Crippen molar-refractivity contribution in [2.24, 2.45) is 0 Å². The first kappa shape index (κ1) is 20.6. The van der Waals surface area contributed by atoms with Crippen molar-refractivity contribution in [2.45, 2.75) is 36.2 Å². The summed E-state index contributed by atoms with van der Waals surface area (Å²) in [5.41, 5.74) is -0.687. The lowest BCUT2D eigenvalue weighted by Gasteiger charge is -2.21. The van der Waals surface area contributed by atoms with Crippen LogP contribution in [0.25, 0.3) is 0 Å². The monoisotopic (exact) mass is 379 g/mol. The Balaban J connectivity index is 4.13. The summed E-state index contributed by atoms with van der Waals surface area (Å²) in [4.78, 5) is 33.6. The quantitative estimate of drug-likeness (QED) is 0.447. The highest BCUT2D eigenvalue weighted by Crippen LogP contribution is 2.26. The van der Waals surface area contributed by atoms with Crippen LogP contribution < -0.4 is 5.32 Å². The Bertz CT molecular complexity index is 381. The van der Waals surface area contributed by atoms with E-state index in [0.717, 1.165) is 0 Å². The molecule has 0 radical (unpaired) electrons. The highest BCUT2D eigenvalue weighted by atomic mass is 35.6. The smallest absolute Gasteiger partial charge is 0.408 e. The third kappa shape index (κ3) is 13.0. The topological polar surface area (TPSA) is 81.7 Å². The molecule has 0 aliphatic heterocycles. The summed E-state index contributed by atoms with van der Waals surface area (Å²) in [6.45, 7) is 4.65. The van der Waals surface area contributed by atoms with Crippen molar-refractivity contribution in [3.05, 3.63) is 0 Å². The van der Waals surface area contributed by atoms with Crippen LogP contribution in [0.15, 0.2) is 0 Å². The van der Waals surface area contributed by atoms with Gasteiger partial charge in [0.1, 0.15) is 18.5 Å². The van der Waals surface area contributed by atoms with E-state index in [9.17, 15) is 14.4 Å². The molecule has 1 atom stereocenters. The lowest BCUT2D eigenvalue weighted by molar-refractivity contribution is -0.109. The summed E-state index contributed by atoms with van der Waals surface area (Å²) in [5, 5.41) is 1.59. The first-order valence-electron chi connectivity index (χ1n) is 5.74. The molecule has 122 valence electrons. The van der Waals surface area contributed by atoms with E-state index in [0.29, 0.717) is 18.0 Å². The fourth-order valence-corrected chi connectivity index (χ4v) is 1.70. The van der Waals surface area contributed by atoms with E-state index in [-0.39, 0.29) is 5.75 Å². The number of amides is 1. The van der Waals surface area contributed by atoms with Crippen molar-refractivity contribution in [3.8, 4) is 0 Å². The van der Waals surface area contributed by atoms with Gasteiger partial charge >= 0.3 is 11.4 Å². The molecule has 1 amide bonds. The van der Waals surface area contributed by atoms with Crippen LogP contribution in [0.5, 0.6) is 0 Å². The SMILES string of the molecule is CC(C)(C)OC(=O)N[C@H](C=O)CSC(=O)OCC(Cl)(Cl)Cl. The van der Waals surface area contributed by atoms with Gasteiger partial charge in [-0.1, -0.05) is 34.8 Å². The lowest BCUT2D eigenvalue weighted by atomic mass is 10.2. The average molecular weight is 381 g/mol. The minimum Gasteiger partial charge on any atom is -0.453 e. The molecule has 0 aromatic rings. The van der Waals surface area contributed by atoms with E-state index in [2.05, 4.69) is 10.1 Å². The minimum atomic E-state index is -1.70. The van der Waals surface area contributed by atoms with Gasteiger partial charge in [-0.15, -0.1) is 0 Å². The van der Waals surface area contributed by atoms with Crippen molar-refractivity contribution < 1.29 is 23.9 Å². The summed E-state index contributed by atoms with van der Waals surface area (Å²) < 4.78 is 7.94. The number of alkyl carbamates (subject to hydrolysis) is 1. The van der Waals surface area contributed by atoms with E-state index in [4.69, 9.17) is 39.5 Å². The summed E-state index contributed by atoms with van der Waals surface area (Å²) >= 11 is 16.9. The van der Waals surface area contributed by atoms with Crippen LogP contribution in [0.2, 0.25) is 0 Å². The number of thioether (sulfide) groups is 1. The predicted molar refractivity (Wildman–Crippen MR) is 83.3 cm³/mol. The molecule has 21 heavy (non-hydrogen) atoms. The molecule has 0 aliphatic carbocycles. The second-order valence-electron chi connectivity index (χ2n) is 4.85. The van der Waals surface area contributed by atoms with Crippen molar-refractivity contribution in [3.63, 3.8) is 0 Å². The average Bonchev–Trinajstić information content (AvgIpc) is 2.28. The Morgan fingerprint density at radius 1 is 1.29 bits per heavy atom. The van der Waals surface area contributed by atoms with Gasteiger partial charge in [0.15, 0.2) is 0 Å². The summed E-state index contributed by atoms with van der Waals surface area (Å²) in [5.74, 6) is -0.0264. The normalized spacial score (nSPS) is 13.2. The standard InChI is InChI=1S/C11H16Cl3NO5S/c1-10(2,3)20-8(17)15-7(4-16)5-21-9(18)19-6-11(12,13)14/h4,7H,5-6H2,1-3H3,(H,15,17)/t7-/m1/s1. The van der Waals surface area contributed by atoms with Crippen molar-refractivity contribution >= 4 is 64.2 Å². The molecular formula is C11H16Cl3NO5S. The molecule has 0 aromatic heterocycles. The van der Waals surface area contributed by atoms with Gasteiger partial charge in [-0.3, -0.25) is 0 Å². The van der Waals surface area contributed by atoms with Crippen LogP contribution in [-0.2, 0) is 14.3 Å². The number of hydrogen-bond acceptors (Lipinski definition) is 6. The zero-order valence-electron chi connectivity index (χ0n) is 11.7. The molecule has 0 aliphatic rings. The maximum absolute atomic E-state index is 11.5. The number of carbonyl (C=O) groups is 3. The first-order chi connectivity index (χ1) is 9.43. The zero-order chi connectivity index (χ0) is 16.7. The number of nitrogens with one attached hydrogen (secondary N) is 1. The molecule has 0 saturated carbocycles.